The predicted molar refractivity (Wildman–Crippen MR) is 53.0 cm³/mol. The van der Waals surface area contributed by atoms with Crippen molar-refractivity contribution in [2.45, 2.75) is 13.0 Å². The number of hydrogen-bond donors (Lipinski definition) is 2. The van der Waals surface area contributed by atoms with Crippen LogP contribution in [0.5, 0.6) is 0 Å². The molecule has 4 nitrogen and oxygen atoms in total. The molecule has 2 aromatic rings. The summed E-state index contributed by atoms with van der Waals surface area (Å²) in [5, 5.41) is 10.1. The molecule has 1 unspecified atom stereocenters. The Bertz CT molecular complexity index is 517. The summed E-state index contributed by atoms with van der Waals surface area (Å²) in [6.45, 7) is 1.56. The molecule has 0 bridgehead atoms. The summed E-state index contributed by atoms with van der Waals surface area (Å²) in [6.07, 6.45) is 0.851. The SMILES string of the molecule is CC(O)c1cc2cccnc2[nH]c1=O. The smallest absolute Gasteiger partial charge is 0.255 e. The number of fused-ring (bicyclic) bond motifs is 1. The number of aromatic amines is 1. The quantitative estimate of drug-likeness (QED) is 0.704. The van der Waals surface area contributed by atoms with Crippen LogP contribution in [0.2, 0.25) is 0 Å². The van der Waals surface area contributed by atoms with E-state index >= 15 is 0 Å². The van der Waals surface area contributed by atoms with Gasteiger partial charge in [-0.3, -0.25) is 4.79 Å². The van der Waals surface area contributed by atoms with E-state index in [9.17, 15) is 9.90 Å². The number of nitrogens with zero attached hydrogens (tertiary/aromatic N) is 1. The van der Waals surface area contributed by atoms with E-state index in [0.717, 1.165) is 5.39 Å². The van der Waals surface area contributed by atoms with Crippen LogP contribution in [0.3, 0.4) is 0 Å². The molecule has 0 spiro atoms. The van der Waals surface area contributed by atoms with Gasteiger partial charge in [0.05, 0.1) is 6.10 Å². The second kappa shape index (κ2) is 3.23. The number of pyridine rings is 2. The molecule has 0 fully saturated rings. The number of H-pyrrole nitrogens is 1. The molecule has 2 aromatic heterocycles. The Morgan fingerprint density at radius 2 is 2.36 bits per heavy atom. The molecule has 0 amide bonds. The molecule has 1 atom stereocenters. The summed E-state index contributed by atoms with van der Waals surface area (Å²) in [4.78, 5) is 18.0. The van der Waals surface area contributed by atoms with Crippen LogP contribution in [0.4, 0.5) is 0 Å². The van der Waals surface area contributed by atoms with Gasteiger partial charge >= 0.3 is 0 Å². The van der Waals surface area contributed by atoms with E-state index in [-0.39, 0.29) is 5.56 Å². The highest BCUT2D eigenvalue weighted by Crippen LogP contribution is 2.12. The van der Waals surface area contributed by atoms with Gasteiger partial charge in [-0.25, -0.2) is 4.98 Å². The van der Waals surface area contributed by atoms with Crippen molar-refractivity contribution in [3.8, 4) is 0 Å². The first-order chi connectivity index (χ1) is 6.68. The third kappa shape index (κ3) is 1.40. The zero-order valence-electron chi connectivity index (χ0n) is 7.69. The molecule has 0 aromatic carbocycles. The summed E-state index contributed by atoms with van der Waals surface area (Å²) < 4.78 is 0. The van der Waals surface area contributed by atoms with Crippen molar-refractivity contribution in [2.24, 2.45) is 0 Å². The minimum absolute atomic E-state index is 0.286. The Morgan fingerprint density at radius 1 is 1.57 bits per heavy atom. The standard InChI is InChI=1S/C10H10N2O2/c1-6(13)8-5-7-3-2-4-11-9(7)12-10(8)14/h2-6,13H,1H3,(H,11,12,14). The Morgan fingerprint density at radius 3 is 3.07 bits per heavy atom. The van der Waals surface area contributed by atoms with Crippen molar-refractivity contribution in [1.82, 2.24) is 9.97 Å². The molecular formula is C10H10N2O2. The maximum Gasteiger partial charge on any atom is 0.255 e. The highest BCUT2D eigenvalue weighted by Gasteiger charge is 2.07. The van der Waals surface area contributed by atoms with Crippen molar-refractivity contribution in [3.05, 3.63) is 40.3 Å². The molecule has 2 rings (SSSR count). The van der Waals surface area contributed by atoms with Gasteiger partial charge in [-0.15, -0.1) is 0 Å². The number of nitrogens with one attached hydrogen (secondary N) is 1. The normalized spacial score (nSPS) is 13.0. The number of aromatic nitrogens is 2. The average Bonchev–Trinajstić information content (AvgIpc) is 2.16. The first kappa shape index (κ1) is 8.90. The lowest BCUT2D eigenvalue weighted by Gasteiger charge is -2.04. The Kier molecular flexibility index (Phi) is 2.05. The third-order valence-corrected chi connectivity index (χ3v) is 2.09. The molecule has 2 heterocycles. The van der Waals surface area contributed by atoms with E-state index in [0.29, 0.717) is 11.2 Å². The van der Waals surface area contributed by atoms with Crippen LogP contribution in [-0.2, 0) is 0 Å². The molecule has 0 saturated carbocycles. The molecule has 0 aliphatic heterocycles. The molecule has 0 radical (unpaired) electrons. The number of rotatable bonds is 1. The maximum atomic E-state index is 11.4. The largest absolute Gasteiger partial charge is 0.388 e. The van der Waals surface area contributed by atoms with Crippen molar-refractivity contribution in [2.75, 3.05) is 0 Å². The minimum atomic E-state index is -0.761. The van der Waals surface area contributed by atoms with E-state index in [2.05, 4.69) is 9.97 Å². The lowest BCUT2D eigenvalue weighted by atomic mass is 10.1. The van der Waals surface area contributed by atoms with Crippen molar-refractivity contribution < 1.29 is 5.11 Å². The van der Waals surface area contributed by atoms with Gasteiger partial charge in [0.25, 0.3) is 5.56 Å². The zero-order valence-corrected chi connectivity index (χ0v) is 7.69. The van der Waals surface area contributed by atoms with E-state index in [4.69, 9.17) is 0 Å². The molecule has 0 aliphatic rings. The minimum Gasteiger partial charge on any atom is -0.388 e. The maximum absolute atomic E-state index is 11.4. The van der Waals surface area contributed by atoms with Gasteiger partial charge in [-0.1, -0.05) is 0 Å². The van der Waals surface area contributed by atoms with E-state index in [1.807, 2.05) is 6.07 Å². The molecule has 2 N–H and O–H groups in total. The van der Waals surface area contributed by atoms with Gasteiger partial charge in [0.2, 0.25) is 0 Å². The fourth-order valence-electron chi connectivity index (χ4n) is 1.36. The fourth-order valence-corrected chi connectivity index (χ4v) is 1.36. The third-order valence-electron chi connectivity index (χ3n) is 2.09. The molecule has 72 valence electrons. The van der Waals surface area contributed by atoms with Crippen LogP contribution in [0.15, 0.2) is 29.2 Å². The molecule has 0 aliphatic carbocycles. The van der Waals surface area contributed by atoms with Crippen LogP contribution in [-0.4, -0.2) is 15.1 Å². The zero-order chi connectivity index (χ0) is 10.1. The fraction of sp³-hybridized carbons (Fsp3) is 0.200. The highest BCUT2D eigenvalue weighted by atomic mass is 16.3. The highest BCUT2D eigenvalue weighted by molar-refractivity contribution is 5.74. The molecule has 0 saturated heterocycles. The molecule has 14 heavy (non-hydrogen) atoms. The Labute approximate surface area is 80.2 Å². The lowest BCUT2D eigenvalue weighted by molar-refractivity contribution is 0.198. The predicted octanol–water partition coefficient (Wildman–Crippen LogP) is 0.976. The van der Waals surface area contributed by atoms with Crippen LogP contribution in [0.25, 0.3) is 11.0 Å². The van der Waals surface area contributed by atoms with Crippen LogP contribution < -0.4 is 5.56 Å². The first-order valence-electron chi connectivity index (χ1n) is 4.34. The molecular weight excluding hydrogens is 180 g/mol. The molecule has 4 heteroatoms. The topological polar surface area (TPSA) is 66.0 Å². The number of aliphatic hydroxyl groups is 1. The summed E-state index contributed by atoms with van der Waals surface area (Å²) >= 11 is 0. The number of hydrogen-bond acceptors (Lipinski definition) is 3. The van der Waals surface area contributed by atoms with E-state index in [1.54, 1.807) is 25.3 Å². The van der Waals surface area contributed by atoms with Crippen molar-refractivity contribution in [1.29, 1.82) is 0 Å². The summed E-state index contributed by atoms with van der Waals surface area (Å²) in [5.74, 6) is 0. The van der Waals surface area contributed by atoms with Crippen molar-refractivity contribution >= 4 is 11.0 Å². The average molecular weight is 190 g/mol. The first-order valence-corrected chi connectivity index (χ1v) is 4.34. The van der Waals surface area contributed by atoms with Crippen molar-refractivity contribution in [3.63, 3.8) is 0 Å². The van der Waals surface area contributed by atoms with Gasteiger partial charge in [-0.2, -0.15) is 0 Å². The van der Waals surface area contributed by atoms with Gasteiger partial charge < -0.3 is 10.1 Å². The van der Waals surface area contributed by atoms with Crippen LogP contribution in [0.1, 0.15) is 18.6 Å². The summed E-state index contributed by atoms with van der Waals surface area (Å²) in [5.41, 5.74) is 0.624. The van der Waals surface area contributed by atoms with Crippen LogP contribution >= 0.6 is 0 Å². The Balaban J connectivity index is 2.78. The van der Waals surface area contributed by atoms with Crippen LogP contribution in [0, 0.1) is 0 Å². The second-order valence-corrected chi connectivity index (χ2v) is 3.17. The second-order valence-electron chi connectivity index (χ2n) is 3.17. The summed E-state index contributed by atoms with van der Waals surface area (Å²) in [7, 11) is 0. The van der Waals surface area contributed by atoms with E-state index < -0.39 is 6.10 Å². The Hall–Kier alpha value is -1.68. The lowest BCUT2D eigenvalue weighted by Crippen LogP contribution is -2.14. The van der Waals surface area contributed by atoms with Gasteiger partial charge in [0, 0.05) is 17.1 Å². The van der Waals surface area contributed by atoms with Gasteiger partial charge in [0.1, 0.15) is 5.65 Å². The van der Waals surface area contributed by atoms with Gasteiger partial charge in [-0.05, 0) is 25.1 Å². The number of aliphatic hydroxyl groups excluding tert-OH is 1. The monoisotopic (exact) mass is 190 g/mol. The van der Waals surface area contributed by atoms with Gasteiger partial charge in [0.15, 0.2) is 0 Å². The van der Waals surface area contributed by atoms with E-state index in [1.165, 1.54) is 0 Å². The summed E-state index contributed by atoms with van der Waals surface area (Å²) in [6, 6.07) is 5.28.